The Morgan fingerprint density at radius 1 is 1.00 bits per heavy atom. The molecule has 0 aromatic rings. The fourth-order valence-electron chi connectivity index (χ4n) is 0.707. The van der Waals surface area contributed by atoms with Gasteiger partial charge in [0.2, 0.25) is 0 Å². The Morgan fingerprint density at radius 2 is 1.58 bits per heavy atom. The Balaban J connectivity index is -0.000000405. The van der Waals surface area contributed by atoms with Gasteiger partial charge in [-0.05, 0) is 39.5 Å². The van der Waals surface area contributed by atoms with Crippen molar-refractivity contribution >= 4 is 49.9 Å². The topological polar surface area (TPSA) is 24.1 Å². The van der Waals surface area contributed by atoms with Crippen molar-refractivity contribution < 1.29 is 0 Å². The minimum atomic E-state index is 0. The van der Waals surface area contributed by atoms with Crippen LogP contribution in [0.25, 0.3) is 0 Å². The van der Waals surface area contributed by atoms with E-state index in [0.717, 1.165) is 25.0 Å². The van der Waals surface area contributed by atoms with Crippen LogP contribution < -0.4 is 10.6 Å². The summed E-state index contributed by atoms with van der Waals surface area (Å²) in [6.07, 6.45) is 2.44. The van der Waals surface area contributed by atoms with Crippen molar-refractivity contribution in [1.82, 2.24) is 10.6 Å². The molecule has 0 atom stereocenters. The van der Waals surface area contributed by atoms with Crippen molar-refractivity contribution in [2.75, 3.05) is 32.0 Å². The molecule has 12 heavy (non-hydrogen) atoms. The molecule has 0 amide bonds. The van der Waals surface area contributed by atoms with Crippen molar-refractivity contribution in [3.8, 4) is 0 Å². The summed E-state index contributed by atoms with van der Waals surface area (Å²) in [5.74, 6) is 0. The number of alkyl halides is 1. The summed E-state index contributed by atoms with van der Waals surface area (Å²) in [6.45, 7) is 3.38. The van der Waals surface area contributed by atoms with Gasteiger partial charge in [0.05, 0.1) is 0 Å². The summed E-state index contributed by atoms with van der Waals surface area (Å²) in [5.41, 5.74) is 0. The minimum Gasteiger partial charge on any atom is -0.320 e. The first kappa shape index (κ1) is 19.0. The summed E-state index contributed by atoms with van der Waals surface area (Å²) in [5, 5.41) is 7.56. The zero-order valence-electron chi connectivity index (χ0n) is 7.44. The smallest absolute Gasteiger partial charge is 0.00433 e. The molecular weight excluding hydrogens is 352 g/mol. The van der Waals surface area contributed by atoms with Gasteiger partial charge in [-0.15, -0.1) is 34.0 Å². The predicted octanol–water partition coefficient (Wildman–Crippen LogP) is 2.13. The van der Waals surface area contributed by atoms with Crippen LogP contribution in [-0.4, -0.2) is 32.0 Å². The average Bonchev–Trinajstić information content (AvgIpc) is 1.97. The summed E-state index contributed by atoms with van der Waals surface area (Å²) >= 11 is 3.38. The molecule has 0 rings (SSSR count). The highest BCUT2D eigenvalue weighted by Crippen LogP contribution is 1.84. The lowest BCUT2D eigenvalue weighted by molar-refractivity contribution is 0.621. The molecule has 0 bridgehead atoms. The van der Waals surface area contributed by atoms with Gasteiger partial charge in [0.1, 0.15) is 0 Å². The molecule has 0 aromatic carbocycles. The van der Waals surface area contributed by atoms with Gasteiger partial charge in [0.15, 0.2) is 0 Å². The Hall–Kier alpha value is 1.36. The molecule has 0 aromatic heterocycles. The second-order valence-corrected chi connectivity index (χ2v) is 3.04. The monoisotopic (exact) mass is 368 g/mol. The van der Waals surface area contributed by atoms with Gasteiger partial charge in [-0.1, -0.05) is 15.9 Å². The molecule has 0 fully saturated rings. The van der Waals surface area contributed by atoms with Crippen LogP contribution in [0.3, 0.4) is 0 Å². The molecule has 0 aliphatic carbocycles. The molecule has 78 valence electrons. The fraction of sp³-hybridized carbons (Fsp3) is 1.00. The lowest BCUT2D eigenvalue weighted by Crippen LogP contribution is -2.20. The van der Waals surface area contributed by atoms with Crippen LogP contribution >= 0.6 is 49.9 Å². The molecular formula is C7H19Br3N2. The van der Waals surface area contributed by atoms with Gasteiger partial charge in [-0.2, -0.15) is 0 Å². The van der Waals surface area contributed by atoms with Gasteiger partial charge in [0.25, 0.3) is 0 Å². The van der Waals surface area contributed by atoms with Gasteiger partial charge >= 0.3 is 0 Å². The van der Waals surface area contributed by atoms with Crippen molar-refractivity contribution in [3.05, 3.63) is 0 Å². The molecule has 0 aliphatic rings. The Kier molecular flexibility index (Phi) is 28.9. The number of halogens is 3. The molecule has 0 unspecified atom stereocenters. The van der Waals surface area contributed by atoms with E-state index in [1.54, 1.807) is 0 Å². The molecule has 5 heteroatoms. The van der Waals surface area contributed by atoms with E-state index in [9.17, 15) is 0 Å². The van der Waals surface area contributed by atoms with Crippen LogP contribution in [0, 0.1) is 0 Å². The van der Waals surface area contributed by atoms with E-state index in [-0.39, 0.29) is 34.0 Å². The molecule has 2 N–H and O–H groups in total. The summed E-state index contributed by atoms with van der Waals surface area (Å²) in [6, 6.07) is 0. The summed E-state index contributed by atoms with van der Waals surface area (Å²) in [7, 11) is 1.98. The van der Waals surface area contributed by atoms with Crippen LogP contribution in [0.4, 0.5) is 0 Å². The maximum Gasteiger partial charge on any atom is 0.00433 e. The van der Waals surface area contributed by atoms with Crippen molar-refractivity contribution in [1.29, 1.82) is 0 Å². The normalized spacial score (nSPS) is 8.50. The Morgan fingerprint density at radius 3 is 2.08 bits per heavy atom. The lowest BCUT2D eigenvalue weighted by atomic mass is 10.4. The zero-order chi connectivity index (χ0) is 7.66. The van der Waals surface area contributed by atoms with E-state index in [1.165, 1.54) is 12.8 Å². The third kappa shape index (κ3) is 17.4. The molecule has 0 heterocycles. The van der Waals surface area contributed by atoms with Crippen molar-refractivity contribution in [2.24, 2.45) is 0 Å². The fourth-order valence-corrected chi connectivity index (χ4v) is 0.987. The van der Waals surface area contributed by atoms with Crippen LogP contribution in [0.1, 0.15) is 12.8 Å². The predicted molar refractivity (Wildman–Crippen MR) is 70.5 cm³/mol. The third-order valence-electron chi connectivity index (χ3n) is 1.27. The first-order valence-corrected chi connectivity index (χ1v) is 4.95. The number of hydrogen-bond donors (Lipinski definition) is 2. The SMILES string of the molecule is Br.Br.CNCCCNCCCBr. The molecule has 0 saturated heterocycles. The van der Waals surface area contributed by atoms with Gasteiger partial charge in [-0.25, -0.2) is 0 Å². The van der Waals surface area contributed by atoms with Crippen molar-refractivity contribution in [2.45, 2.75) is 12.8 Å². The lowest BCUT2D eigenvalue weighted by Gasteiger charge is -2.01. The number of rotatable bonds is 7. The maximum absolute atomic E-state index is 3.38. The van der Waals surface area contributed by atoms with E-state index in [2.05, 4.69) is 26.6 Å². The number of hydrogen-bond acceptors (Lipinski definition) is 2. The first-order valence-electron chi connectivity index (χ1n) is 3.83. The molecule has 2 nitrogen and oxygen atoms in total. The average molecular weight is 371 g/mol. The zero-order valence-corrected chi connectivity index (χ0v) is 12.4. The van der Waals surface area contributed by atoms with Gasteiger partial charge in [0, 0.05) is 5.33 Å². The molecule has 0 saturated carbocycles. The Bertz CT molecular complexity index is 56.6. The van der Waals surface area contributed by atoms with E-state index in [4.69, 9.17) is 0 Å². The standard InChI is InChI=1S/C7H17BrN2.2BrH/c1-9-5-3-7-10-6-2-4-8;;/h9-10H,2-7H2,1H3;2*1H. The van der Waals surface area contributed by atoms with Gasteiger partial charge in [-0.3, -0.25) is 0 Å². The maximum atomic E-state index is 3.38. The van der Waals surface area contributed by atoms with Crippen LogP contribution in [0.15, 0.2) is 0 Å². The van der Waals surface area contributed by atoms with Crippen LogP contribution in [-0.2, 0) is 0 Å². The highest BCUT2D eigenvalue weighted by Gasteiger charge is 1.85. The van der Waals surface area contributed by atoms with E-state index < -0.39 is 0 Å². The van der Waals surface area contributed by atoms with E-state index >= 15 is 0 Å². The minimum absolute atomic E-state index is 0. The van der Waals surface area contributed by atoms with Crippen molar-refractivity contribution in [3.63, 3.8) is 0 Å². The third-order valence-corrected chi connectivity index (χ3v) is 1.83. The quantitative estimate of drug-likeness (QED) is 0.530. The molecule has 0 radical (unpaired) electrons. The van der Waals surface area contributed by atoms with Crippen LogP contribution in [0.5, 0.6) is 0 Å². The second kappa shape index (κ2) is 18.2. The Labute approximate surface area is 105 Å². The highest BCUT2D eigenvalue weighted by molar-refractivity contribution is 9.09. The molecule has 0 aliphatic heterocycles. The first-order chi connectivity index (χ1) is 4.91. The second-order valence-electron chi connectivity index (χ2n) is 2.25. The largest absolute Gasteiger partial charge is 0.320 e. The molecule has 0 spiro atoms. The highest BCUT2D eigenvalue weighted by atomic mass is 79.9. The summed E-state index contributed by atoms with van der Waals surface area (Å²) < 4.78 is 0. The van der Waals surface area contributed by atoms with E-state index in [0.29, 0.717) is 0 Å². The van der Waals surface area contributed by atoms with E-state index in [1.807, 2.05) is 7.05 Å². The van der Waals surface area contributed by atoms with Gasteiger partial charge < -0.3 is 10.6 Å². The summed E-state index contributed by atoms with van der Waals surface area (Å²) in [4.78, 5) is 0. The van der Waals surface area contributed by atoms with Crippen LogP contribution in [0.2, 0.25) is 0 Å². The number of nitrogens with one attached hydrogen (secondary N) is 2.